The second-order valence-electron chi connectivity index (χ2n) is 7.25. The third-order valence-corrected chi connectivity index (χ3v) is 6.24. The lowest BCUT2D eigenvalue weighted by molar-refractivity contribution is 0.102. The highest BCUT2D eigenvalue weighted by molar-refractivity contribution is 7.98. The van der Waals surface area contributed by atoms with Crippen molar-refractivity contribution in [1.29, 1.82) is 0 Å². The van der Waals surface area contributed by atoms with Crippen molar-refractivity contribution in [2.45, 2.75) is 31.8 Å². The molecule has 1 N–H and O–H groups in total. The number of benzene rings is 1. The molecule has 3 heterocycles. The summed E-state index contributed by atoms with van der Waals surface area (Å²) in [6, 6.07) is 7.98. The number of piperidine rings is 1. The Bertz CT molecular complexity index is 833. The molecule has 1 aromatic heterocycles. The Balaban J connectivity index is 1.40. The fourth-order valence-electron chi connectivity index (χ4n) is 3.85. The smallest absolute Gasteiger partial charge is 0.256 e. The monoisotopic (exact) mass is 402 g/mol. The summed E-state index contributed by atoms with van der Waals surface area (Å²) >= 11 is 1.89. The van der Waals surface area contributed by atoms with E-state index in [2.05, 4.69) is 28.5 Å². The normalized spacial score (nSPS) is 18.2. The Morgan fingerprint density at radius 2 is 2.07 bits per heavy atom. The number of likely N-dealkylation sites (tertiary alicyclic amines) is 1. The fourth-order valence-corrected chi connectivity index (χ4v) is 4.54. The van der Waals surface area contributed by atoms with Crippen LogP contribution < -0.4 is 14.8 Å². The molecule has 7 nitrogen and oxygen atoms in total. The zero-order valence-electron chi connectivity index (χ0n) is 16.3. The Labute approximate surface area is 169 Å². The van der Waals surface area contributed by atoms with Crippen LogP contribution in [0.5, 0.6) is 11.5 Å². The number of hydrogen-bond donors (Lipinski definition) is 1. The lowest BCUT2D eigenvalue weighted by atomic mass is 10.0. The van der Waals surface area contributed by atoms with Crippen LogP contribution in [0.1, 0.15) is 36.2 Å². The number of nitrogens with one attached hydrogen (secondary N) is 1. The van der Waals surface area contributed by atoms with Crippen LogP contribution in [-0.4, -0.2) is 58.5 Å². The maximum atomic E-state index is 12.7. The predicted octanol–water partition coefficient (Wildman–Crippen LogP) is 3.25. The Kier molecular flexibility index (Phi) is 5.77. The molecule has 150 valence electrons. The summed E-state index contributed by atoms with van der Waals surface area (Å²) in [6.07, 6.45) is 5.97. The molecule has 2 aliphatic heterocycles. The summed E-state index contributed by atoms with van der Waals surface area (Å²) in [5.74, 6) is 2.99. The van der Waals surface area contributed by atoms with Gasteiger partial charge < -0.3 is 14.8 Å². The number of ether oxygens (including phenoxy) is 2. The first kappa shape index (κ1) is 19.1. The van der Waals surface area contributed by atoms with Gasteiger partial charge in [0.1, 0.15) is 5.82 Å². The van der Waals surface area contributed by atoms with Crippen molar-refractivity contribution in [2.24, 2.45) is 0 Å². The molecule has 1 atom stereocenters. The van der Waals surface area contributed by atoms with Crippen molar-refractivity contribution in [1.82, 2.24) is 14.7 Å². The molecule has 1 saturated heterocycles. The second-order valence-corrected chi connectivity index (χ2v) is 8.17. The molecule has 4 rings (SSSR count). The van der Waals surface area contributed by atoms with Gasteiger partial charge in [-0.25, -0.2) is 4.68 Å². The van der Waals surface area contributed by atoms with Gasteiger partial charge in [0.15, 0.2) is 11.5 Å². The molecular formula is C20H26N4O3S. The van der Waals surface area contributed by atoms with Gasteiger partial charge in [0, 0.05) is 36.5 Å². The maximum Gasteiger partial charge on any atom is 0.256 e. The predicted molar refractivity (Wildman–Crippen MR) is 110 cm³/mol. The van der Waals surface area contributed by atoms with Gasteiger partial charge in [-0.15, -0.1) is 0 Å². The molecule has 0 saturated carbocycles. The average Bonchev–Trinajstić information content (AvgIpc) is 3.37. The van der Waals surface area contributed by atoms with E-state index in [1.54, 1.807) is 24.4 Å². The van der Waals surface area contributed by atoms with Crippen molar-refractivity contribution in [2.75, 3.05) is 37.2 Å². The third-order valence-electron chi connectivity index (χ3n) is 5.42. The first-order chi connectivity index (χ1) is 13.7. The number of fused-ring (bicyclic) bond motifs is 1. The summed E-state index contributed by atoms with van der Waals surface area (Å²) < 4.78 is 12.6. The van der Waals surface area contributed by atoms with Crippen molar-refractivity contribution in [3.63, 3.8) is 0 Å². The summed E-state index contributed by atoms with van der Waals surface area (Å²) in [7, 11) is 0. The summed E-state index contributed by atoms with van der Waals surface area (Å²) in [5, 5.41) is 7.48. The number of carbonyl (C=O) groups excluding carboxylic acids is 1. The van der Waals surface area contributed by atoms with E-state index >= 15 is 0 Å². The molecule has 2 aliphatic rings. The molecule has 1 aromatic carbocycles. The van der Waals surface area contributed by atoms with Gasteiger partial charge in [-0.1, -0.05) is 0 Å². The van der Waals surface area contributed by atoms with Crippen LogP contribution in [0, 0.1) is 0 Å². The number of carbonyl (C=O) groups is 1. The van der Waals surface area contributed by atoms with E-state index in [0.717, 1.165) is 37.5 Å². The minimum atomic E-state index is -0.175. The summed E-state index contributed by atoms with van der Waals surface area (Å²) in [6.45, 7) is 4.60. The SMILES string of the molecule is CSC[C@@H](C)N1CCC(n2nccc2NC(=O)c2ccc3c(c2)OCO3)CC1. The van der Waals surface area contributed by atoms with Crippen LogP contribution in [0.25, 0.3) is 0 Å². The van der Waals surface area contributed by atoms with Crippen LogP contribution in [0.3, 0.4) is 0 Å². The Morgan fingerprint density at radius 1 is 1.29 bits per heavy atom. The molecule has 0 bridgehead atoms. The van der Waals surface area contributed by atoms with Crippen molar-refractivity contribution in [3.8, 4) is 11.5 Å². The number of thioether (sulfide) groups is 1. The van der Waals surface area contributed by atoms with E-state index in [0.29, 0.717) is 29.1 Å². The van der Waals surface area contributed by atoms with Crippen molar-refractivity contribution in [3.05, 3.63) is 36.0 Å². The maximum absolute atomic E-state index is 12.7. The van der Waals surface area contributed by atoms with E-state index in [1.165, 1.54) is 0 Å². The van der Waals surface area contributed by atoms with Gasteiger partial charge in [-0.3, -0.25) is 9.69 Å². The van der Waals surface area contributed by atoms with Crippen LogP contribution in [0.2, 0.25) is 0 Å². The zero-order chi connectivity index (χ0) is 19.5. The van der Waals surface area contributed by atoms with E-state index in [4.69, 9.17) is 9.47 Å². The topological polar surface area (TPSA) is 68.6 Å². The van der Waals surface area contributed by atoms with Crippen LogP contribution in [0.15, 0.2) is 30.5 Å². The Hall–Kier alpha value is -2.19. The standard InChI is InChI=1S/C20H26N4O3S/c1-14(12-28-2)23-9-6-16(7-10-23)24-19(5-8-21-24)22-20(25)15-3-4-17-18(11-15)27-13-26-17/h3-5,8,11,14,16H,6-7,9-10,12-13H2,1-2H3,(H,22,25)/t14-/m1/s1. The molecule has 0 aliphatic carbocycles. The number of nitrogens with zero attached hydrogens (tertiary/aromatic N) is 3. The first-order valence-electron chi connectivity index (χ1n) is 9.63. The second kappa shape index (κ2) is 8.45. The van der Waals surface area contributed by atoms with Gasteiger partial charge in [0.05, 0.1) is 12.2 Å². The van der Waals surface area contributed by atoms with Gasteiger partial charge in [0.2, 0.25) is 6.79 Å². The van der Waals surface area contributed by atoms with Crippen molar-refractivity contribution < 1.29 is 14.3 Å². The van der Waals surface area contributed by atoms with Crippen LogP contribution in [0.4, 0.5) is 5.82 Å². The third kappa shape index (κ3) is 3.98. The van der Waals surface area contributed by atoms with Crippen LogP contribution >= 0.6 is 11.8 Å². The van der Waals surface area contributed by atoms with E-state index in [1.807, 2.05) is 22.5 Å². The highest BCUT2D eigenvalue weighted by Crippen LogP contribution is 2.33. The largest absolute Gasteiger partial charge is 0.454 e. The quantitative estimate of drug-likeness (QED) is 0.800. The van der Waals surface area contributed by atoms with E-state index in [-0.39, 0.29) is 12.7 Å². The zero-order valence-corrected chi connectivity index (χ0v) is 17.1. The fraction of sp³-hybridized carbons (Fsp3) is 0.500. The molecule has 0 spiro atoms. The first-order valence-corrected chi connectivity index (χ1v) is 11.0. The van der Waals surface area contributed by atoms with E-state index in [9.17, 15) is 4.79 Å². The summed E-state index contributed by atoms with van der Waals surface area (Å²) in [5.41, 5.74) is 0.540. The molecule has 0 radical (unpaired) electrons. The highest BCUT2D eigenvalue weighted by atomic mass is 32.2. The van der Waals surface area contributed by atoms with Crippen molar-refractivity contribution >= 4 is 23.5 Å². The van der Waals surface area contributed by atoms with Gasteiger partial charge in [-0.2, -0.15) is 16.9 Å². The molecule has 1 fully saturated rings. The number of hydrogen-bond acceptors (Lipinski definition) is 6. The summed E-state index contributed by atoms with van der Waals surface area (Å²) in [4.78, 5) is 15.2. The molecule has 28 heavy (non-hydrogen) atoms. The molecule has 8 heteroatoms. The highest BCUT2D eigenvalue weighted by Gasteiger charge is 2.26. The number of aromatic nitrogens is 2. The van der Waals surface area contributed by atoms with Gasteiger partial charge >= 0.3 is 0 Å². The average molecular weight is 403 g/mol. The van der Waals surface area contributed by atoms with Gasteiger partial charge in [-0.05, 0) is 44.2 Å². The molecular weight excluding hydrogens is 376 g/mol. The minimum absolute atomic E-state index is 0.175. The molecule has 2 aromatic rings. The number of amides is 1. The lowest BCUT2D eigenvalue weighted by Gasteiger charge is -2.36. The number of rotatable bonds is 6. The van der Waals surface area contributed by atoms with Crippen LogP contribution in [-0.2, 0) is 0 Å². The lowest BCUT2D eigenvalue weighted by Crippen LogP contribution is -2.41. The number of anilines is 1. The Morgan fingerprint density at radius 3 is 2.86 bits per heavy atom. The minimum Gasteiger partial charge on any atom is -0.454 e. The molecule has 0 unspecified atom stereocenters. The molecule has 1 amide bonds. The van der Waals surface area contributed by atoms with Gasteiger partial charge in [0.25, 0.3) is 5.91 Å². The van der Waals surface area contributed by atoms with E-state index < -0.39 is 0 Å².